The van der Waals surface area contributed by atoms with Gasteiger partial charge in [0.2, 0.25) is 0 Å². The van der Waals surface area contributed by atoms with Crippen molar-refractivity contribution in [1.82, 2.24) is 9.80 Å². The number of hydrogen-bond acceptors (Lipinski definition) is 3. The first kappa shape index (κ1) is 30.7. The molecule has 5 heteroatoms. The van der Waals surface area contributed by atoms with Gasteiger partial charge in [0.15, 0.2) is 0 Å². The zero-order valence-electron chi connectivity index (χ0n) is 21.3. The second-order valence-electron chi connectivity index (χ2n) is 9.07. The average molecular weight is 473 g/mol. The van der Waals surface area contributed by atoms with Crippen LogP contribution in [0.5, 0.6) is 0 Å². The molecule has 0 aliphatic rings. The molecule has 0 bridgehead atoms. The Kier molecular flexibility index (Phi) is 22.7. The van der Waals surface area contributed by atoms with E-state index in [1.54, 1.807) is 0 Å². The highest BCUT2D eigenvalue weighted by molar-refractivity contribution is 7.80. The van der Waals surface area contributed by atoms with E-state index in [4.69, 9.17) is 29.2 Å². The summed E-state index contributed by atoms with van der Waals surface area (Å²) in [6.07, 6.45) is 21.5. The van der Waals surface area contributed by atoms with Crippen molar-refractivity contribution in [3.63, 3.8) is 0 Å². The van der Waals surface area contributed by atoms with Crippen LogP contribution in [0.4, 0.5) is 0 Å². The van der Waals surface area contributed by atoms with Crippen LogP contribution in [0.3, 0.4) is 0 Å². The molecule has 0 radical (unpaired) electrons. The highest BCUT2D eigenvalue weighted by Crippen LogP contribution is 2.10. The fraction of sp³-hybridized carbons (Fsp3) is 0.923. The second-order valence-corrected chi connectivity index (χ2v) is 10.0. The molecule has 3 nitrogen and oxygen atoms in total. The van der Waals surface area contributed by atoms with Crippen molar-refractivity contribution in [3.8, 4) is 0 Å². The van der Waals surface area contributed by atoms with Gasteiger partial charge < -0.3 is 14.5 Å². The first-order valence-electron chi connectivity index (χ1n) is 13.1. The summed E-state index contributed by atoms with van der Waals surface area (Å²) in [7, 11) is 4.17. The standard InChI is InChI=1S/C26H52N2OS2/c1-5-7-9-11-13-15-17-19-21-27(3)25(30)23-29-24-26(31)28(4)22-20-18-16-14-12-10-8-6-2/h5-24H2,1-4H3. The van der Waals surface area contributed by atoms with Gasteiger partial charge in [-0.25, -0.2) is 0 Å². The fourth-order valence-electron chi connectivity index (χ4n) is 3.66. The molecule has 0 N–H and O–H groups in total. The van der Waals surface area contributed by atoms with E-state index in [9.17, 15) is 0 Å². The number of likely N-dealkylation sites (N-methyl/N-ethyl adjacent to an activating group) is 2. The van der Waals surface area contributed by atoms with Crippen LogP contribution in [-0.2, 0) is 4.74 Å². The van der Waals surface area contributed by atoms with E-state index < -0.39 is 0 Å². The number of rotatable bonds is 22. The van der Waals surface area contributed by atoms with Crippen molar-refractivity contribution < 1.29 is 4.74 Å². The van der Waals surface area contributed by atoms with Crippen molar-refractivity contribution in [2.45, 2.75) is 117 Å². The van der Waals surface area contributed by atoms with Gasteiger partial charge in [0, 0.05) is 27.2 Å². The van der Waals surface area contributed by atoms with Crippen LogP contribution in [0, 0.1) is 0 Å². The molecule has 184 valence electrons. The first-order chi connectivity index (χ1) is 15.0. The molecule has 0 aromatic carbocycles. The van der Waals surface area contributed by atoms with E-state index in [1.807, 2.05) is 0 Å². The van der Waals surface area contributed by atoms with Gasteiger partial charge in [-0.05, 0) is 12.8 Å². The molecular weight excluding hydrogens is 420 g/mol. The summed E-state index contributed by atoms with van der Waals surface area (Å²) in [5.74, 6) is 0. The summed E-state index contributed by atoms with van der Waals surface area (Å²) in [5.41, 5.74) is 0. The average Bonchev–Trinajstić information content (AvgIpc) is 2.76. The minimum absolute atomic E-state index is 0.495. The van der Waals surface area contributed by atoms with Gasteiger partial charge in [-0.3, -0.25) is 0 Å². The van der Waals surface area contributed by atoms with E-state index in [0.717, 1.165) is 23.1 Å². The van der Waals surface area contributed by atoms with Gasteiger partial charge in [-0.15, -0.1) is 0 Å². The number of unbranched alkanes of at least 4 members (excludes halogenated alkanes) is 14. The molecule has 0 saturated carbocycles. The zero-order valence-corrected chi connectivity index (χ0v) is 22.9. The first-order valence-corrected chi connectivity index (χ1v) is 13.9. The van der Waals surface area contributed by atoms with Gasteiger partial charge >= 0.3 is 0 Å². The number of hydrogen-bond donors (Lipinski definition) is 0. The molecule has 0 saturated heterocycles. The molecule has 0 aromatic heterocycles. The van der Waals surface area contributed by atoms with Crippen molar-refractivity contribution >= 4 is 34.4 Å². The minimum atomic E-state index is 0.495. The lowest BCUT2D eigenvalue weighted by atomic mass is 10.1. The van der Waals surface area contributed by atoms with Gasteiger partial charge in [-0.1, -0.05) is 128 Å². The SMILES string of the molecule is CCCCCCCCCCN(C)C(=S)COCC(=S)N(C)CCCCCCCCCC. The van der Waals surface area contributed by atoms with Crippen LogP contribution >= 0.6 is 24.4 Å². The minimum Gasteiger partial charge on any atom is -0.367 e. The maximum Gasteiger partial charge on any atom is 0.104 e. The Bertz CT molecular complexity index is 394. The van der Waals surface area contributed by atoms with Crippen LogP contribution in [-0.4, -0.2) is 60.2 Å². The smallest absolute Gasteiger partial charge is 0.104 e. The van der Waals surface area contributed by atoms with Gasteiger partial charge in [0.25, 0.3) is 0 Å². The molecule has 0 aliphatic carbocycles. The normalized spacial score (nSPS) is 11.0. The molecule has 0 unspecified atom stereocenters. The Morgan fingerprint density at radius 3 is 1.13 bits per heavy atom. The molecule has 31 heavy (non-hydrogen) atoms. The predicted octanol–water partition coefficient (Wildman–Crippen LogP) is 7.80. The quantitative estimate of drug-likeness (QED) is 0.118. The van der Waals surface area contributed by atoms with E-state index in [-0.39, 0.29) is 0 Å². The summed E-state index contributed by atoms with van der Waals surface area (Å²) in [4.78, 5) is 6.10. The van der Waals surface area contributed by atoms with E-state index in [0.29, 0.717) is 13.2 Å². The molecule has 0 atom stereocenters. The monoisotopic (exact) mass is 472 g/mol. The molecule has 0 amide bonds. The largest absolute Gasteiger partial charge is 0.367 e. The molecule has 0 aromatic rings. The Labute approximate surface area is 205 Å². The highest BCUT2D eigenvalue weighted by Gasteiger charge is 2.08. The third-order valence-electron chi connectivity index (χ3n) is 6.00. The molecule has 0 spiro atoms. The lowest BCUT2D eigenvalue weighted by Crippen LogP contribution is -2.33. The van der Waals surface area contributed by atoms with Crippen LogP contribution in [0.1, 0.15) is 117 Å². The Morgan fingerprint density at radius 1 is 0.516 bits per heavy atom. The van der Waals surface area contributed by atoms with Gasteiger partial charge in [0.05, 0.1) is 13.2 Å². The predicted molar refractivity (Wildman–Crippen MR) is 146 cm³/mol. The summed E-state index contributed by atoms with van der Waals surface area (Å²) >= 11 is 11.0. The maximum absolute atomic E-state index is 5.80. The summed E-state index contributed by atoms with van der Waals surface area (Å²) in [5, 5.41) is 0. The summed E-state index contributed by atoms with van der Waals surface area (Å²) in [6.45, 7) is 7.58. The van der Waals surface area contributed by atoms with Crippen molar-refractivity contribution in [2.75, 3.05) is 40.4 Å². The van der Waals surface area contributed by atoms with Gasteiger partial charge in [0.1, 0.15) is 9.98 Å². The number of thiocarbonyl (C=S) groups is 2. The summed E-state index contributed by atoms with van der Waals surface area (Å²) < 4.78 is 5.80. The van der Waals surface area contributed by atoms with Crippen LogP contribution in [0.15, 0.2) is 0 Å². The fourth-order valence-corrected chi connectivity index (χ4v) is 4.01. The number of nitrogens with zero attached hydrogens (tertiary/aromatic N) is 2. The second kappa shape index (κ2) is 22.9. The van der Waals surface area contributed by atoms with Crippen LogP contribution in [0.2, 0.25) is 0 Å². The molecule has 0 fully saturated rings. The van der Waals surface area contributed by atoms with Crippen molar-refractivity contribution in [2.24, 2.45) is 0 Å². The third-order valence-corrected chi connectivity index (χ3v) is 6.86. The van der Waals surface area contributed by atoms with Crippen molar-refractivity contribution in [3.05, 3.63) is 0 Å². The third kappa shape index (κ3) is 20.1. The maximum atomic E-state index is 5.80. The topological polar surface area (TPSA) is 15.7 Å². The van der Waals surface area contributed by atoms with Crippen LogP contribution in [0.25, 0.3) is 0 Å². The molecule has 0 rings (SSSR count). The van der Waals surface area contributed by atoms with E-state index in [2.05, 4.69) is 37.7 Å². The Morgan fingerprint density at radius 2 is 0.806 bits per heavy atom. The Balaban J connectivity index is 3.63. The molecular formula is C26H52N2OS2. The molecule has 0 aliphatic heterocycles. The Hall–Kier alpha value is -0.260. The highest BCUT2D eigenvalue weighted by atomic mass is 32.1. The molecule has 0 heterocycles. The van der Waals surface area contributed by atoms with Crippen LogP contribution < -0.4 is 0 Å². The lowest BCUT2D eigenvalue weighted by molar-refractivity contribution is 0.200. The van der Waals surface area contributed by atoms with Crippen molar-refractivity contribution in [1.29, 1.82) is 0 Å². The zero-order chi connectivity index (χ0) is 23.2. The van der Waals surface area contributed by atoms with E-state index >= 15 is 0 Å². The lowest BCUT2D eigenvalue weighted by Gasteiger charge is -2.22. The van der Waals surface area contributed by atoms with E-state index in [1.165, 1.54) is 103 Å². The number of ether oxygens (including phenoxy) is 1. The summed E-state index contributed by atoms with van der Waals surface area (Å²) in [6, 6.07) is 0. The van der Waals surface area contributed by atoms with Gasteiger partial charge in [-0.2, -0.15) is 0 Å².